The van der Waals surface area contributed by atoms with Crippen molar-refractivity contribution < 1.29 is 23.9 Å². The van der Waals surface area contributed by atoms with Crippen LogP contribution in [0.1, 0.15) is 40.5 Å². The molecule has 2 amide bonds. The predicted octanol–water partition coefficient (Wildman–Crippen LogP) is 0.655. The average molecular weight is 343 g/mol. The van der Waals surface area contributed by atoms with Gasteiger partial charge in [0.15, 0.2) is 0 Å². The van der Waals surface area contributed by atoms with Crippen molar-refractivity contribution >= 4 is 18.0 Å². The molecule has 1 fully saturated rings. The van der Waals surface area contributed by atoms with Gasteiger partial charge in [-0.15, -0.1) is 0 Å². The minimum absolute atomic E-state index is 0.253. The van der Waals surface area contributed by atoms with Gasteiger partial charge < -0.3 is 20.1 Å². The molecule has 138 valence electrons. The Morgan fingerprint density at radius 2 is 2.00 bits per heavy atom. The Kier molecular flexibility index (Phi) is 7.97. The van der Waals surface area contributed by atoms with Crippen molar-refractivity contribution in [3.05, 3.63) is 0 Å². The second-order valence-electron chi connectivity index (χ2n) is 6.59. The van der Waals surface area contributed by atoms with E-state index in [9.17, 15) is 14.4 Å². The molecule has 0 bridgehead atoms. The largest absolute Gasteiger partial charge is 0.466 e. The zero-order chi connectivity index (χ0) is 18.2. The summed E-state index contributed by atoms with van der Waals surface area (Å²) in [4.78, 5) is 37.3. The van der Waals surface area contributed by atoms with Crippen molar-refractivity contribution in [2.75, 3.05) is 32.8 Å². The third-order valence-electron chi connectivity index (χ3n) is 3.34. The highest BCUT2D eigenvalue weighted by Gasteiger charge is 2.34. The van der Waals surface area contributed by atoms with E-state index in [4.69, 9.17) is 9.47 Å². The maximum absolute atomic E-state index is 12.3. The number of amides is 2. The van der Waals surface area contributed by atoms with E-state index in [1.165, 1.54) is 4.90 Å². The van der Waals surface area contributed by atoms with Gasteiger partial charge in [-0.2, -0.15) is 0 Å². The number of nitrogens with zero attached hydrogens (tertiary/aromatic N) is 1. The van der Waals surface area contributed by atoms with Crippen LogP contribution in [0.3, 0.4) is 0 Å². The van der Waals surface area contributed by atoms with Crippen LogP contribution in [0.2, 0.25) is 0 Å². The van der Waals surface area contributed by atoms with E-state index >= 15 is 0 Å². The van der Waals surface area contributed by atoms with Crippen molar-refractivity contribution in [3.63, 3.8) is 0 Å². The number of hydrogen-bond acceptors (Lipinski definition) is 6. The number of piperazine rings is 1. The lowest BCUT2D eigenvalue weighted by atomic mass is 10.1. The van der Waals surface area contributed by atoms with Crippen LogP contribution in [-0.2, 0) is 19.1 Å². The monoisotopic (exact) mass is 343 g/mol. The fraction of sp³-hybridized carbons (Fsp3) is 0.812. The van der Waals surface area contributed by atoms with E-state index in [0.717, 1.165) is 0 Å². The SMILES string of the molecule is CCOC(=O)CCCNC(=O)C1CNCCN1C(=O)OC(C)(C)C. The first-order valence-electron chi connectivity index (χ1n) is 8.38. The zero-order valence-corrected chi connectivity index (χ0v) is 15.0. The number of carbonyl (C=O) groups excluding carboxylic acids is 3. The molecule has 2 N–H and O–H groups in total. The predicted molar refractivity (Wildman–Crippen MR) is 88.5 cm³/mol. The fourth-order valence-electron chi connectivity index (χ4n) is 2.27. The normalized spacial score (nSPS) is 18.0. The van der Waals surface area contributed by atoms with Crippen molar-refractivity contribution in [3.8, 4) is 0 Å². The summed E-state index contributed by atoms with van der Waals surface area (Å²) in [5.41, 5.74) is -0.609. The molecule has 0 aliphatic carbocycles. The molecular formula is C16H29N3O5. The Balaban J connectivity index is 2.47. The molecule has 1 rings (SSSR count). The summed E-state index contributed by atoms with van der Waals surface area (Å²) in [6.45, 7) is 9.23. The standard InChI is InChI=1S/C16H29N3O5/c1-5-23-13(20)7-6-8-18-14(21)12-11-17-9-10-19(12)15(22)24-16(2,3)4/h12,17H,5-11H2,1-4H3,(H,18,21). The van der Waals surface area contributed by atoms with Crippen molar-refractivity contribution in [1.82, 2.24) is 15.5 Å². The summed E-state index contributed by atoms with van der Waals surface area (Å²) < 4.78 is 10.2. The van der Waals surface area contributed by atoms with Crippen LogP contribution >= 0.6 is 0 Å². The highest BCUT2D eigenvalue weighted by molar-refractivity contribution is 5.86. The Labute approximate surface area is 143 Å². The first-order valence-corrected chi connectivity index (χ1v) is 8.38. The maximum Gasteiger partial charge on any atom is 0.411 e. The molecule has 1 unspecified atom stereocenters. The third kappa shape index (κ3) is 7.16. The maximum atomic E-state index is 12.3. The highest BCUT2D eigenvalue weighted by Crippen LogP contribution is 2.13. The smallest absolute Gasteiger partial charge is 0.411 e. The molecule has 0 aromatic carbocycles. The van der Waals surface area contributed by atoms with E-state index in [1.807, 2.05) is 0 Å². The highest BCUT2D eigenvalue weighted by atomic mass is 16.6. The van der Waals surface area contributed by atoms with Crippen molar-refractivity contribution in [1.29, 1.82) is 0 Å². The number of ether oxygens (including phenoxy) is 2. The fourth-order valence-corrected chi connectivity index (χ4v) is 2.27. The van der Waals surface area contributed by atoms with Crippen LogP contribution < -0.4 is 10.6 Å². The summed E-state index contributed by atoms with van der Waals surface area (Å²) >= 11 is 0. The molecule has 0 radical (unpaired) electrons. The molecule has 0 saturated carbocycles. The molecule has 8 heteroatoms. The number of hydrogen-bond donors (Lipinski definition) is 2. The van der Waals surface area contributed by atoms with Gasteiger partial charge in [0.2, 0.25) is 5.91 Å². The Morgan fingerprint density at radius 3 is 2.62 bits per heavy atom. The number of carbonyl (C=O) groups is 3. The quantitative estimate of drug-likeness (QED) is 0.543. The van der Waals surface area contributed by atoms with Crippen LogP contribution in [-0.4, -0.2) is 67.3 Å². The molecule has 1 aliphatic heterocycles. The van der Waals surface area contributed by atoms with Crippen LogP contribution in [0.15, 0.2) is 0 Å². The van der Waals surface area contributed by atoms with E-state index in [1.54, 1.807) is 27.7 Å². The molecule has 0 aromatic rings. The lowest BCUT2D eigenvalue weighted by Gasteiger charge is -2.36. The van der Waals surface area contributed by atoms with Gasteiger partial charge in [-0.1, -0.05) is 0 Å². The lowest BCUT2D eigenvalue weighted by Crippen LogP contribution is -2.60. The zero-order valence-electron chi connectivity index (χ0n) is 15.0. The molecule has 24 heavy (non-hydrogen) atoms. The topological polar surface area (TPSA) is 97.0 Å². The summed E-state index contributed by atoms with van der Waals surface area (Å²) in [5.74, 6) is -0.529. The Bertz CT molecular complexity index is 447. The molecule has 8 nitrogen and oxygen atoms in total. The Hall–Kier alpha value is -1.83. The lowest BCUT2D eigenvalue weighted by molar-refractivity contribution is -0.143. The van der Waals surface area contributed by atoms with Gasteiger partial charge >= 0.3 is 12.1 Å². The number of rotatable bonds is 6. The van der Waals surface area contributed by atoms with Crippen molar-refractivity contribution in [2.45, 2.75) is 52.2 Å². The van der Waals surface area contributed by atoms with Gasteiger partial charge in [0.1, 0.15) is 11.6 Å². The number of esters is 1. The third-order valence-corrected chi connectivity index (χ3v) is 3.34. The van der Waals surface area contributed by atoms with Gasteiger partial charge in [-0.05, 0) is 34.1 Å². The second-order valence-corrected chi connectivity index (χ2v) is 6.59. The number of nitrogens with one attached hydrogen (secondary N) is 2. The summed E-state index contributed by atoms with van der Waals surface area (Å²) in [7, 11) is 0. The van der Waals surface area contributed by atoms with E-state index in [0.29, 0.717) is 39.2 Å². The molecule has 0 spiro atoms. The molecule has 1 atom stereocenters. The van der Waals surface area contributed by atoms with Crippen LogP contribution in [0.5, 0.6) is 0 Å². The van der Waals surface area contributed by atoms with Crippen molar-refractivity contribution in [2.24, 2.45) is 0 Å². The average Bonchev–Trinajstić information content (AvgIpc) is 2.50. The molecule has 1 heterocycles. The molecule has 0 aromatic heterocycles. The minimum Gasteiger partial charge on any atom is -0.466 e. The van der Waals surface area contributed by atoms with Crippen LogP contribution in [0, 0.1) is 0 Å². The van der Waals surface area contributed by atoms with Gasteiger partial charge in [-0.3, -0.25) is 14.5 Å². The van der Waals surface area contributed by atoms with Crippen LogP contribution in [0.4, 0.5) is 4.79 Å². The first kappa shape index (κ1) is 20.2. The van der Waals surface area contributed by atoms with Gasteiger partial charge in [0, 0.05) is 32.6 Å². The van der Waals surface area contributed by atoms with E-state index in [2.05, 4.69) is 10.6 Å². The van der Waals surface area contributed by atoms with Gasteiger partial charge in [-0.25, -0.2) is 4.79 Å². The van der Waals surface area contributed by atoms with Crippen LogP contribution in [0.25, 0.3) is 0 Å². The molecule has 1 aliphatic rings. The summed E-state index contributed by atoms with van der Waals surface area (Å²) in [6.07, 6.45) is 0.264. The second kappa shape index (κ2) is 9.46. The molecular weight excluding hydrogens is 314 g/mol. The van der Waals surface area contributed by atoms with Gasteiger partial charge in [0.05, 0.1) is 6.61 Å². The first-order chi connectivity index (χ1) is 11.2. The van der Waals surface area contributed by atoms with Gasteiger partial charge in [0.25, 0.3) is 0 Å². The van der Waals surface area contributed by atoms with E-state index < -0.39 is 17.7 Å². The molecule has 1 saturated heterocycles. The summed E-state index contributed by atoms with van der Waals surface area (Å²) in [5, 5.41) is 5.87. The Morgan fingerprint density at radius 1 is 1.29 bits per heavy atom. The summed E-state index contributed by atoms with van der Waals surface area (Å²) in [6, 6.07) is -0.615. The van der Waals surface area contributed by atoms with E-state index in [-0.39, 0.29) is 18.3 Å². The minimum atomic E-state index is -0.615.